The van der Waals surface area contributed by atoms with Crippen molar-refractivity contribution in [2.75, 3.05) is 6.54 Å². The van der Waals surface area contributed by atoms with Crippen LogP contribution in [0, 0.1) is 13.8 Å². The van der Waals surface area contributed by atoms with Crippen LogP contribution < -0.4 is 11.1 Å². The van der Waals surface area contributed by atoms with Crippen molar-refractivity contribution in [1.29, 1.82) is 0 Å². The third-order valence-electron chi connectivity index (χ3n) is 2.73. The van der Waals surface area contributed by atoms with Crippen LogP contribution >= 0.6 is 0 Å². The molecule has 0 bridgehead atoms. The van der Waals surface area contributed by atoms with Crippen LogP contribution in [0.15, 0.2) is 6.07 Å². The first-order chi connectivity index (χ1) is 8.04. The molecule has 5 heteroatoms. The summed E-state index contributed by atoms with van der Waals surface area (Å²) in [6.45, 7) is 7.38. The Kier molecular flexibility index (Phi) is 5.15. The Morgan fingerprint density at radius 3 is 2.82 bits per heavy atom. The molecule has 1 unspecified atom stereocenters. The van der Waals surface area contributed by atoms with Gasteiger partial charge >= 0.3 is 0 Å². The lowest BCUT2D eigenvalue weighted by Gasteiger charge is -2.10. The SMILES string of the molecule is CCC(N)C(=O)NCCCn1nc(C)cc1C. The quantitative estimate of drug-likeness (QED) is 0.718. The molecule has 0 aliphatic carbocycles. The van der Waals surface area contributed by atoms with Gasteiger partial charge in [-0.3, -0.25) is 9.48 Å². The van der Waals surface area contributed by atoms with Gasteiger partial charge in [0.05, 0.1) is 11.7 Å². The van der Waals surface area contributed by atoms with E-state index in [1.165, 1.54) is 0 Å². The van der Waals surface area contributed by atoms with Gasteiger partial charge < -0.3 is 11.1 Å². The van der Waals surface area contributed by atoms with Crippen molar-refractivity contribution >= 4 is 5.91 Å². The number of nitrogens with zero attached hydrogens (tertiary/aromatic N) is 2. The molecule has 1 amide bonds. The number of hydrogen-bond acceptors (Lipinski definition) is 3. The fourth-order valence-electron chi connectivity index (χ4n) is 1.66. The van der Waals surface area contributed by atoms with Gasteiger partial charge in [0.2, 0.25) is 5.91 Å². The van der Waals surface area contributed by atoms with Crippen molar-refractivity contribution in [2.45, 2.75) is 46.2 Å². The number of carbonyl (C=O) groups is 1. The van der Waals surface area contributed by atoms with E-state index < -0.39 is 0 Å². The molecule has 0 fully saturated rings. The summed E-state index contributed by atoms with van der Waals surface area (Å²) >= 11 is 0. The minimum atomic E-state index is -0.385. The highest BCUT2D eigenvalue weighted by Gasteiger charge is 2.09. The Bertz CT molecular complexity index is 373. The normalized spacial score (nSPS) is 12.5. The van der Waals surface area contributed by atoms with E-state index in [2.05, 4.69) is 10.4 Å². The molecule has 1 heterocycles. The maximum atomic E-state index is 11.4. The molecule has 0 aliphatic rings. The topological polar surface area (TPSA) is 72.9 Å². The molecule has 1 rings (SSSR count). The second-order valence-corrected chi connectivity index (χ2v) is 4.31. The minimum absolute atomic E-state index is 0.0686. The summed E-state index contributed by atoms with van der Waals surface area (Å²) in [5, 5.41) is 7.18. The van der Waals surface area contributed by atoms with Gasteiger partial charge in [-0.25, -0.2) is 0 Å². The van der Waals surface area contributed by atoms with Crippen molar-refractivity contribution < 1.29 is 4.79 Å². The Balaban J connectivity index is 2.25. The van der Waals surface area contributed by atoms with E-state index in [1.54, 1.807) is 0 Å². The predicted molar refractivity (Wildman–Crippen MR) is 67.6 cm³/mol. The van der Waals surface area contributed by atoms with Crippen LogP contribution in [0.1, 0.15) is 31.2 Å². The smallest absolute Gasteiger partial charge is 0.236 e. The molecule has 0 saturated carbocycles. The average Bonchev–Trinajstić information content (AvgIpc) is 2.62. The van der Waals surface area contributed by atoms with Crippen LogP contribution in [0.4, 0.5) is 0 Å². The molecule has 0 aromatic carbocycles. The van der Waals surface area contributed by atoms with Crippen molar-refractivity contribution in [3.8, 4) is 0 Å². The van der Waals surface area contributed by atoms with E-state index in [1.807, 2.05) is 31.5 Å². The molecule has 0 aliphatic heterocycles. The zero-order chi connectivity index (χ0) is 12.8. The Morgan fingerprint density at radius 1 is 1.59 bits per heavy atom. The van der Waals surface area contributed by atoms with Gasteiger partial charge in [0.1, 0.15) is 0 Å². The molecular formula is C12H22N4O. The number of nitrogens with one attached hydrogen (secondary N) is 1. The molecule has 1 aromatic rings. The van der Waals surface area contributed by atoms with Crippen LogP contribution in [-0.4, -0.2) is 28.3 Å². The predicted octanol–water partition coefficient (Wildman–Crippen LogP) is 0.744. The maximum absolute atomic E-state index is 11.4. The summed E-state index contributed by atoms with van der Waals surface area (Å²) in [5.74, 6) is -0.0686. The van der Waals surface area contributed by atoms with E-state index in [9.17, 15) is 4.79 Å². The lowest BCUT2D eigenvalue weighted by molar-refractivity contribution is -0.122. The molecule has 0 saturated heterocycles. The van der Waals surface area contributed by atoms with Crippen molar-refractivity contribution in [3.63, 3.8) is 0 Å². The van der Waals surface area contributed by atoms with Crippen LogP contribution in [0.3, 0.4) is 0 Å². The second-order valence-electron chi connectivity index (χ2n) is 4.31. The summed E-state index contributed by atoms with van der Waals surface area (Å²) in [4.78, 5) is 11.4. The molecule has 17 heavy (non-hydrogen) atoms. The standard InChI is InChI=1S/C12H22N4O/c1-4-11(13)12(17)14-6-5-7-16-10(3)8-9(2)15-16/h8,11H,4-7,13H2,1-3H3,(H,14,17). The molecule has 0 radical (unpaired) electrons. The molecule has 0 spiro atoms. The highest BCUT2D eigenvalue weighted by atomic mass is 16.2. The maximum Gasteiger partial charge on any atom is 0.236 e. The first kappa shape index (κ1) is 13.7. The van der Waals surface area contributed by atoms with E-state index in [-0.39, 0.29) is 11.9 Å². The largest absolute Gasteiger partial charge is 0.355 e. The number of rotatable bonds is 6. The lowest BCUT2D eigenvalue weighted by atomic mass is 10.2. The highest BCUT2D eigenvalue weighted by molar-refractivity contribution is 5.81. The summed E-state index contributed by atoms with van der Waals surface area (Å²) < 4.78 is 1.96. The monoisotopic (exact) mass is 238 g/mol. The molecular weight excluding hydrogens is 216 g/mol. The van der Waals surface area contributed by atoms with Gasteiger partial charge in [-0.05, 0) is 32.8 Å². The molecule has 96 valence electrons. The Labute approximate surface area is 102 Å². The van der Waals surface area contributed by atoms with E-state index in [4.69, 9.17) is 5.73 Å². The first-order valence-corrected chi connectivity index (χ1v) is 6.09. The van der Waals surface area contributed by atoms with Gasteiger partial charge in [0.25, 0.3) is 0 Å². The summed E-state index contributed by atoms with van der Waals surface area (Å²) in [7, 11) is 0. The fourth-order valence-corrected chi connectivity index (χ4v) is 1.66. The van der Waals surface area contributed by atoms with E-state index in [0.29, 0.717) is 13.0 Å². The minimum Gasteiger partial charge on any atom is -0.355 e. The summed E-state index contributed by atoms with van der Waals surface area (Å²) in [6, 6.07) is 1.66. The average molecular weight is 238 g/mol. The summed E-state index contributed by atoms with van der Waals surface area (Å²) in [6.07, 6.45) is 1.54. The lowest BCUT2D eigenvalue weighted by Crippen LogP contribution is -2.40. The first-order valence-electron chi connectivity index (χ1n) is 6.09. The van der Waals surface area contributed by atoms with Gasteiger partial charge in [-0.2, -0.15) is 5.10 Å². The van der Waals surface area contributed by atoms with E-state index >= 15 is 0 Å². The number of carbonyl (C=O) groups excluding carboxylic acids is 1. The Hall–Kier alpha value is -1.36. The van der Waals surface area contributed by atoms with E-state index in [0.717, 1.165) is 24.4 Å². The third-order valence-corrected chi connectivity index (χ3v) is 2.73. The number of nitrogens with two attached hydrogens (primary N) is 1. The van der Waals surface area contributed by atoms with Gasteiger partial charge in [-0.1, -0.05) is 6.92 Å². The molecule has 3 N–H and O–H groups in total. The van der Waals surface area contributed by atoms with Crippen LogP contribution in [-0.2, 0) is 11.3 Å². The fraction of sp³-hybridized carbons (Fsp3) is 0.667. The zero-order valence-electron chi connectivity index (χ0n) is 10.9. The zero-order valence-corrected chi connectivity index (χ0v) is 10.9. The third kappa shape index (κ3) is 4.19. The van der Waals surface area contributed by atoms with Crippen LogP contribution in [0.25, 0.3) is 0 Å². The van der Waals surface area contributed by atoms with Gasteiger partial charge in [0.15, 0.2) is 0 Å². The van der Waals surface area contributed by atoms with Crippen LogP contribution in [0.5, 0.6) is 0 Å². The van der Waals surface area contributed by atoms with Crippen molar-refractivity contribution in [1.82, 2.24) is 15.1 Å². The number of aromatic nitrogens is 2. The van der Waals surface area contributed by atoms with Crippen LogP contribution in [0.2, 0.25) is 0 Å². The highest BCUT2D eigenvalue weighted by Crippen LogP contribution is 2.02. The number of hydrogen-bond donors (Lipinski definition) is 2. The van der Waals surface area contributed by atoms with Gasteiger partial charge in [-0.15, -0.1) is 0 Å². The van der Waals surface area contributed by atoms with Gasteiger partial charge in [0, 0.05) is 18.8 Å². The molecule has 1 aromatic heterocycles. The molecule has 1 atom stereocenters. The Morgan fingerprint density at radius 2 is 2.29 bits per heavy atom. The van der Waals surface area contributed by atoms with Crippen molar-refractivity contribution in [2.24, 2.45) is 5.73 Å². The number of amides is 1. The summed E-state index contributed by atoms with van der Waals surface area (Å²) in [5.41, 5.74) is 7.79. The molecule has 5 nitrogen and oxygen atoms in total. The van der Waals surface area contributed by atoms with Crippen molar-refractivity contribution in [3.05, 3.63) is 17.5 Å². The second kappa shape index (κ2) is 6.39. The number of aryl methyl sites for hydroxylation is 3.